The third kappa shape index (κ3) is 2.92. The van der Waals surface area contributed by atoms with Crippen molar-refractivity contribution in [1.29, 1.82) is 0 Å². The third-order valence-electron chi connectivity index (χ3n) is 2.17. The van der Waals surface area contributed by atoms with E-state index < -0.39 is 5.97 Å². The molecule has 5 nitrogen and oxygen atoms in total. The molecule has 0 aromatic carbocycles. The van der Waals surface area contributed by atoms with Crippen LogP contribution in [0.25, 0.3) is 0 Å². The Morgan fingerprint density at radius 1 is 1.25 bits per heavy atom. The van der Waals surface area contributed by atoms with Gasteiger partial charge in [0.2, 0.25) is 0 Å². The largest absolute Gasteiger partial charge is 0.476 e. The number of carboxylic acids is 1. The number of anilines is 1. The van der Waals surface area contributed by atoms with Crippen LogP contribution in [0, 0.1) is 0 Å². The fourth-order valence-electron chi connectivity index (χ4n) is 1.58. The predicted octanol–water partition coefficient (Wildman–Crippen LogP) is 1.80. The molecule has 0 spiro atoms. The first kappa shape index (κ1) is 12.4. The Morgan fingerprint density at radius 3 is 2.31 bits per heavy atom. The summed E-state index contributed by atoms with van der Waals surface area (Å²) in [7, 11) is 0. The Kier molecular flexibility index (Phi) is 4.69. The topological polar surface area (TPSA) is 66.3 Å². The van der Waals surface area contributed by atoms with Crippen molar-refractivity contribution in [3.05, 3.63) is 18.1 Å². The zero-order chi connectivity index (χ0) is 12.0. The van der Waals surface area contributed by atoms with Crippen molar-refractivity contribution in [2.75, 3.05) is 18.0 Å². The fraction of sp³-hybridized carbons (Fsp3) is 0.545. The summed E-state index contributed by atoms with van der Waals surface area (Å²) in [4.78, 5) is 21.0. The van der Waals surface area contributed by atoms with Crippen LogP contribution < -0.4 is 4.90 Å². The molecule has 5 heteroatoms. The van der Waals surface area contributed by atoms with Crippen LogP contribution in [0.15, 0.2) is 12.4 Å². The van der Waals surface area contributed by atoms with Gasteiger partial charge in [0.25, 0.3) is 0 Å². The van der Waals surface area contributed by atoms with Crippen molar-refractivity contribution in [2.45, 2.75) is 26.7 Å². The molecule has 0 amide bonds. The van der Waals surface area contributed by atoms with E-state index in [9.17, 15) is 4.79 Å². The Bertz CT molecular complexity index is 349. The standard InChI is InChI=1S/C11H17N3O2/c1-3-7-14(8-4-2)10-9(11(15)16)12-5-6-13-10/h5-6H,3-4,7-8H2,1-2H3,(H,15,16). The Labute approximate surface area is 95.1 Å². The first-order valence-electron chi connectivity index (χ1n) is 5.49. The summed E-state index contributed by atoms with van der Waals surface area (Å²) in [5.41, 5.74) is 0.0319. The van der Waals surface area contributed by atoms with E-state index >= 15 is 0 Å². The minimum Gasteiger partial charge on any atom is -0.476 e. The highest BCUT2D eigenvalue weighted by molar-refractivity contribution is 5.90. The normalized spacial score (nSPS) is 10.1. The lowest BCUT2D eigenvalue weighted by atomic mass is 10.3. The molecule has 1 N–H and O–H groups in total. The molecule has 1 rings (SSSR count). The second kappa shape index (κ2) is 6.05. The van der Waals surface area contributed by atoms with E-state index in [1.807, 2.05) is 4.90 Å². The minimum atomic E-state index is -1.03. The van der Waals surface area contributed by atoms with Gasteiger partial charge >= 0.3 is 5.97 Å². The lowest BCUT2D eigenvalue weighted by Crippen LogP contribution is -2.28. The molecule has 0 unspecified atom stereocenters. The molecule has 16 heavy (non-hydrogen) atoms. The number of carboxylic acid groups (broad SMARTS) is 1. The maximum absolute atomic E-state index is 11.0. The smallest absolute Gasteiger partial charge is 0.358 e. The molecular formula is C11H17N3O2. The van der Waals surface area contributed by atoms with Crippen molar-refractivity contribution >= 4 is 11.8 Å². The van der Waals surface area contributed by atoms with Gasteiger partial charge in [0.05, 0.1) is 0 Å². The van der Waals surface area contributed by atoms with Crippen molar-refractivity contribution in [1.82, 2.24) is 9.97 Å². The first-order chi connectivity index (χ1) is 7.70. The summed E-state index contributed by atoms with van der Waals surface area (Å²) in [6, 6.07) is 0. The molecule has 0 aliphatic carbocycles. The molecule has 0 saturated carbocycles. The maximum atomic E-state index is 11.0. The summed E-state index contributed by atoms with van der Waals surface area (Å²) >= 11 is 0. The number of hydrogen-bond donors (Lipinski definition) is 1. The van der Waals surface area contributed by atoms with E-state index in [4.69, 9.17) is 5.11 Å². The van der Waals surface area contributed by atoms with Crippen LogP contribution in [0.1, 0.15) is 37.2 Å². The molecule has 0 fully saturated rings. The van der Waals surface area contributed by atoms with E-state index in [0.29, 0.717) is 5.82 Å². The number of rotatable bonds is 6. The van der Waals surface area contributed by atoms with Gasteiger partial charge in [-0.3, -0.25) is 0 Å². The molecule has 0 saturated heterocycles. The van der Waals surface area contributed by atoms with Crippen molar-refractivity contribution in [3.8, 4) is 0 Å². The van der Waals surface area contributed by atoms with E-state index in [2.05, 4.69) is 23.8 Å². The molecule has 0 atom stereocenters. The van der Waals surface area contributed by atoms with Gasteiger partial charge in [0, 0.05) is 25.5 Å². The summed E-state index contributed by atoms with van der Waals surface area (Å²) in [6.07, 6.45) is 4.84. The summed E-state index contributed by atoms with van der Waals surface area (Å²) < 4.78 is 0. The zero-order valence-corrected chi connectivity index (χ0v) is 9.68. The van der Waals surface area contributed by atoms with Gasteiger partial charge in [-0.2, -0.15) is 0 Å². The molecule has 1 heterocycles. The van der Waals surface area contributed by atoms with E-state index in [-0.39, 0.29) is 5.69 Å². The van der Waals surface area contributed by atoms with Crippen LogP contribution in [0.3, 0.4) is 0 Å². The SMILES string of the molecule is CCCN(CCC)c1nccnc1C(=O)O. The van der Waals surface area contributed by atoms with Gasteiger partial charge in [0.15, 0.2) is 11.5 Å². The average molecular weight is 223 g/mol. The van der Waals surface area contributed by atoms with Crippen LogP contribution in [-0.2, 0) is 0 Å². The number of nitrogens with zero attached hydrogens (tertiary/aromatic N) is 3. The van der Waals surface area contributed by atoms with E-state index in [1.165, 1.54) is 12.4 Å². The fourth-order valence-corrected chi connectivity index (χ4v) is 1.58. The van der Waals surface area contributed by atoms with Gasteiger partial charge in [0.1, 0.15) is 0 Å². The Balaban J connectivity index is 3.02. The molecule has 1 aromatic rings. The molecule has 0 aliphatic heterocycles. The summed E-state index contributed by atoms with van der Waals surface area (Å²) in [5.74, 6) is -0.556. The monoisotopic (exact) mass is 223 g/mol. The summed E-state index contributed by atoms with van der Waals surface area (Å²) in [6.45, 7) is 5.71. The van der Waals surface area contributed by atoms with Gasteiger partial charge in [-0.1, -0.05) is 13.8 Å². The number of aromatic nitrogens is 2. The molecule has 1 aromatic heterocycles. The molecule has 0 aliphatic rings. The highest BCUT2D eigenvalue weighted by Gasteiger charge is 2.17. The van der Waals surface area contributed by atoms with Crippen molar-refractivity contribution in [2.24, 2.45) is 0 Å². The van der Waals surface area contributed by atoms with Crippen LogP contribution in [-0.4, -0.2) is 34.1 Å². The lowest BCUT2D eigenvalue weighted by Gasteiger charge is -2.23. The zero-order valence-electron chi connectivity index (χ0n) is 9.68. The maximum Gasteiger partial charge on any atom is 0.358 e. The number of hydrogen-bond acceptors (Lipinski definition) is 4. The van der Waals surface area contributed by atoms with E-state index in [0.717, 1.165) is 25.9 Å². The van der Waals surface area contributed by atoms with Gasteiger partial charge in [-0.25, -0.2) is 14.8 Å². The van der Waals surface area contributed by atoms with Crippen LogP contribution in [0.4, 0.5) is 5.82 Å². The average Bonchev–Trinajstić information content (AvgIpc) is 2.29. The first-order valence-corrected chi connectivity index (χ1v) is 5.49. The quantitative estimate of drug-likeness (QED) is 0.796. The minimum absolute atomic E-state index is 0.0319. The van der Waals surface area contributed by atoms with Crippen LogP contribution >= 0.6 is 0 Å². The predicted molar refractivity (Wildman–Crippen MR) is 61.8 cm³/mol. The van der Waals surface area contributed by atoms with Gasteiger partial charge in [-0.05, 0) is 12.8 Å². The van der Waals surface area contributed by atoms with Crippen molar-refractivity contribution < 1.29 is 9.90 Å². The summed E-state index contributed by atoms with van der Waals surface area (Å²) in [5, 5.41) is 9.02. The molecule has 0 radical (unpaired) electrons. The van der Waals surface area contributed by atoms with Crippen LogP contribution in [0.2, 0.25) is 0 Å². The van der Waals surface area contributed by atoms with Gasteiger partial charge in [-0.15, -0.1) is 0 Å². The van der Waals surface area contributed by atoms with E-state index in [1.54, 1.807) is 0 Å². The Hall–Kier alpha value is -1.65. The van der Waals surface area contributed by atoms with Crippen LogP contribution in [0.5, 0.6) is 0 Å². The third-order valence-corrected chi connectivity index (χ3v) is 2.17. The Morgan fingerprint density at radius 2 is 1.81 bits per heavy atom. The molecule has 88 valence electrons. The molecule has 0 bridgehead atoms. The van der Waals surface area contributed by atoms with Crippen molar-refractivity contribution in [3.63, 3.8) is 0 Å². The second-order valence-corrected chi connectivity index (χ2v) is 3.52. The van der Waals surface area contributed by atoms with Gasteiger partial charge < -0.3 is 10.0 Å². The lowest BCUT2D eigenvalue weighted by molar-refractivity contribution is 0.0690. The second-order valence-electron chi connectivity index (χ2n) is 3.52. The number of carbonyl (C=O) groups is 1. The molecular weight excluding hydrogens is 206 g/mol. The number of aromatic carboxylic acids is 1. The highest BCUT2D eigenvalue weighted by atomic mass is 16.4. The highest BCUT2D eigenvalue weighted by Crippen LogP contribution is 2.15.